The Labute approximate surface area is 143 Å². The molecule has 2 aromatic rings. The molecule has 2 nitrogen and oxygen atoms in total. The summed E-state index contributed by atoms with van der Waals surface area (Å²) in [4.78, 5) is 0. The molecule has 0 amide bonds. The van der Waals surface area contributed by atoms with Gasteiger partial charge in [0.15, 0.2) is 5.75 Å². The zero-order chi connectivity index (χ0) is 16.4. The van der Waals surface area contributed by atoms with Crippen LogP contribution in [0, 0.1) is 18.8 Å². The van der Waals surface area contributed by atoms with Crippen LogP contribution < -0.4 is 10.1 Å². The Bertz CT molecular complexity index is 854. The summed E-state index contributed by atoms with van der Waals surface area (Å²) in [5.74, 6) is 8.59. The topological polar surface area (TPSA) is 21.3 Å². The van der Waals surface area contributed by atoms with Gasteiger partial charge in [0, 0.05) is 5.56 Å². The van der Waals surface area contributed by atoms with Crippen LogP contribution >= 0.6 is 0 Å². The first-order valence-corrected chi connectivity index (χ1v) is 8.65. The highest BCUT2D eigenvalue weighted by atomic mass is 16.5. The zero-order valence-electron chi connectivity index (χ0n) is 13.9. The van der Waals surface area contributed by atoms with E-state index in [2.05, 4.69) is 42.3 Å². The van der Waals surface area contributed by atoms with Gasteiger partial charge < -0.3 is 10.1 Å². The molecule has 0 saturated carbocycles. The fourth-order valence-corrected chi connectivity index (χ4v) is 3.29. The third kappa shape index (κ3) is 2.90. The van der Waals surface area contributed by atoms with Crippen LogP contribution in [0.2, 0.25) is 0 Å². The number of ether oxygens (including phenoxy) is 1. The lowest BCUT2D eigenvalue weighted by Gasteiger charge is -2.15. The predicted molar refractivity (Wildman–Crippen MR) is 98.4 cm³/mol. The molecule has 0 spiro atoms. The number of aryl methyl sites for hydroxylation is 1. The quantitative estimate of drug-likeness (QED) is 0.624. The van der Waals surface area contributed by atoms with E-state index in [0.29, 0.717) is 0 Å². The minimum absolute atomic E-state index is 0.0635. The highest BCUT2D eigenvalue weighted by Crippen LogP contribution is 2.41. The maximum absolute atomic E-state index is 6.16. The predicted octanol–water partition coefficient (Wildman–Crippen LogP) is 5.76. The van der Waals surface area contributed by atoms with E-state index < -0.39 is 0 Å². The van der Waals surface area contributed by atoms with Gasteiger partial charge in [0.05, 0.1) is 5.69 Å². The average molecular weight is 315 g/mol. The van der Waals surface area contributed by atoms with Crippen LogP contribution in [-0.4, -0.2) is 0 Å². The Morgan fingerprint density at radius 1 is 1.04 bits per heavy atom. The molecule has 24 heavy (non-hydrogen) atoms. The Hall–Kier alpha value is -2.66. The van der Waals surface area contributed by atoms with E-state index in [4.69, 9.17) is 4.74 Å². The molecule has 0 unspecified atom stereocenters. The second kappa shape index (κ2) is 6.45. The van der Waals surface area contributed by atoms with Gasteiger partial charge in [-0.3, -0.25) is 0 Å². The summed E-state index contributed by atoms with van der Waals surface area (Å²) in [6, 6.07) is 14.2. The van der Waals surface area contributed by atoms with Crippen molar-refractivity contribution in [2.45, 2.75) is 38.6 Å². The number of benzene rings is 2. The summed E-state index contributed by atoms with van der Waals surface area (Å²) in [7, 11) is 0. The van der Waals surface area contributed by atoms with Crippen LogP contribution in [0.15, 0.2) is 54.1 Å². The van der Waals surface area contributed by atoms with Crippen LogP contribution in [-0.2, 0) is 0 Å². The van der Waals surface area contributed by atoms with E-state index in [1.165, 1.54) is 24.0 Å². The van der Waals surface area contributed by atoms with Crippen LogP contribution in [0.25, 0.3) is 0 Å². The zero-order valence-corrected chi connectivity index (χ0v) is 13.9. The molecule has 4 rings (SSSR count). The lowest BCUT2D eigenvalue weighted by atomic mass is 9.99. The maximum atomic E-state index is 6.16. The molecule has 1 N–H and O–H groups in total. The van der Waals surface area contributed by atoms with Gasteiger partial charge in [0.25, 0.3) is 0 Å². The van der Waals surface area contributed by atoms with Crippen molar-refractivity contribution in [3.8, 4) is 23.3 Å². The minimum Gasteiger partial charge on any atom is -0.455 e. The monoisotopic (exact) mass is 315 g/mol. The molecule has 0 radical (unpaired) electrons. The van der Waals surface area contributed by atoms with Crippen LogP contribution in [0.1, 0.15) is 42.9 Å². The summed E-state index contributed by atoms with van der Waals surface area (Å²) in [6.07, 6.45) is 7.09. The van der Waals surface area contributed by atoms with Crippen molar-refractivity contribution in [1.82, 2.24) is 0 Å². The van der Waals surface area contributed by atoms with Crippen molar-refractivity contribution < 1.29 is 4.74 Å². The molecule has 0 fully saturated rings. The largest absolute Gasteiger partial charge is 0.455 e. The van der Waals surface area contributed by atoms with Crippen molar-refractivity contribution >= 4 is 5.69 Å². The highest BCUT2D eigenvalue weighted by molar-refractivity contribution is 5.67. The molecule has 1 atom stereocenters. The molecule has 2 heteroatoms. The summed E-state index contributed by atoms with van der Waals surface area (Å²) in [5.41, 5.74) is 4.57. The molecular weight excluding hydrogens is 294 g/mol. The number of hydrogen-bond donors (Lipinski definition) is 1. The number of anilines is 1. The Kier molecular flexibility index (Phi) is 4.01. The van der Waals surface area contributed by atoms with Crippen LogP contribution in [0.4, 0.5) is 5.69 Å². The average Bonchev–Trinajstić information content (AvgIpc) is 2.78. The number of nitrogens with one attached hydrogen (secondary N) is 1. The Morgan fingerprint density at radius 2 is 1.92 bits per heavy atom. The standard InChI is InChI=1S/C22H21NO/c1-16-8-7-13-21-22(16)23-19(15-14-17-9-3-2-4-10-17)18-11-5-6-12-20(18)24-21/h5-9,11-13,19,23H,2-4,10H2,1H3/t19-/m1/s1. The van der Waals surface area contributed by atoms with Gasteiger partial charge in [0.2, 0.25) is 0 Å². The number of fused-ring (bicyclic) bond motifs is 2. The lowest BCUT2D eigenvalue weighted by Crippen LogP contribution is -2.08. The Balaban J connectivity index is 1.76. The van der Waals surface area contributed by atoms with Crippen molar-refractivity contribution in [1.29, 1.82) is 0 Å². The number of para-hydroxylation sites is 2. The first-order chi connectivity index (χ1) is 11.8. The van der Waals surface area contributed by atoms with E-state index >= 15 is 0 Å². The molecule has 0 saturated heterocycles. The summed E-state index contributed by atoms with van der Waals surface area (Å²) >= 11 is 0. The molecule has 1 heterocycles. The SMILES string of the molecule is Cc1cccc2c1N[C@H](C#CC1=CCCCC1)c1ccccc1O2. The fourth-order valence-electron chi connectivity index (χ4n) is 3.29. The van der Waals surface area contributed by atoms with Gasteiger partial charge in [-0.25, -0.2) is 0 Å². The highest BCUT2D eigenvalue weighted by Gasteiger charge is 2.22. The smallest absolute Gasteiger partial charge is 0.150 e. The number of hydrogen-bond acceptors (Lipinski definition) is 2. The molecule has 2 aliphatic rings. The molecule has 2 aromatic carbocycles. The van der Waals surface area contributed by atoms with Crippen molar-refractivity contribution in [3.63, 3.8) is 0 Å². The third-order valence-corrected chi connectivity index (χ3v) is 4.64. The van der Waals surface area contributed by atoms with Crippen molar-refractivity contribution in [2.24, 2.45) is 0 Å². The van der Waals surface area contributed by atoms with Crippen LogP contribution in [0.5, 0.6) is 11.5 Å². The molecule has 1 aliphatic carbocycles. The molecular formula is C22H21NO. The fraction of sp³-hybridized carbons (Fsp3) is 0.273. The van der Waals surface area contributed by atoms with Crippen LogP contribution in [0.3, 0.4) is 0 Å². The van der Waals surface area contributed by atoms with Gasteiger partial charge in [-0.1, -0.05) is 48.2 Å². The van der Waals surface area contributed by atoms with E-state index in [1.54, 1.807) is 0 Å². The van der Waals surface area contributed by atoms with Gasteiger partial charge in [-0.15, -0.1) is 0 Å². The second-order valence-corrected chi connectivity index (χ2v) is 6.41. The van der Waals surface area contributed by atoms with Crippen molar-refractivity contribution in [2.75, 3.05) is 5.32 Å². The van der Waals surface area contributed by atoms with E-state index in [1.807, 2.05) is 30.3 Å². The van der Waals surface area contributed by atoms with E-state index in [9.17, 15) is 0 Å². The molecule has 120 valence electrons. The maximum Gasteiger partial charge on any atom is 0.150 e. The first kappa shape index (κ1) is 14.9. The third-order valence-electron chi connectivity index (χ3n) is 4.64. The van der Waals surface area contributed by atoms with E-state index in [-0.39, 0.29) is 6.04 Å². The summed E-state index contributed by atoms with van der Waals surface area (Å²) in [5, 5.41) is 3.60. The van der Waals surface area contributed by atoms with Crippen molar-refractivity contribution in [3.05, 3.63) is 65.2 Å². The summed E-state index contributed by atoms with van der Waals surface area (Å²) < 4.78 is 6.16. The summed E-state index contributed by atoms with van der Waals surface area (Å²) in [6.45, 7) is 2.10. The van der Waals surface area contributed by atoms with Gasteiger partial charge in [-0.2, -0.15) is 0 Å². The first-order valence-electron chi connectivity index (χ1n) is 8.65. The van der Waals surface area contributed by atoms with Gasteiger partial charge in [0.1, 0.15) is 11.8 Å². The lowest BCUT2D eigenvalue weighted by molar-refractivity contribution is 0.483. The Morgan fingerprint density at radius 3 is 2.79 bits per heavy atom. The number of allylic oxidation sites excluding steroid dienone is 2. The number of rotatable bonds is 0. The van der Waals surface area contributed by atoms with Gasteiger partial charge >= 0.3 is 0 Å². The minimum atomic E-state index is -0.0635. The van der Waals surface area contributed by atoms with E-state index in [0.717, 1.165) is 35.6 Å². The molecule has 0 bridgehead atoms. The molecule has 0 aromatic heterocycles. The normalized spacial score (nSPS) is 18.5. The molecule has 1 aliphatic heterocycles. The second-order valence-electron chi connectivity index (χ2n) is 6.41. The van der Waals surface area contributed by atoms with Gasteiger partial charge in [-0.05, 0) is 55.9 Å².